The van der Waals surface area contributed by atoms with Crippen molar-refractivity contribution in [2.75, 3.05) is 0 Å². The molecule has 66 valence electrons. The number of aryl methyl sites for hydroxylation is 2. The van der Waals surface area contributed by atoms with Crippen LogP contribution < -0.4 is 0 Å². The van der Waals surface area contributed by atoms with E-state index in [0.717, 1.165) is 6.42 Å². The summed E-state index contributed by atoms with van der Waals surface area (Å²) < 4.78 is 0. The molecule has 0 N–H and O–H groups in total. The fraction of sp³-hybridized carbons (Fsp3) is 0.417. The number of nitriles is 1. The smallest absolute Gasteiger partial charge is 0.0662 e. The second-order valence-electron chi connectivity index (χ2n) is 3.94. The predicted octanol–water partition coefficient (Wildman–Crippen LogP) is 2.93. The largest absolute Gasteiger partial charge is 0.198 e. The molecule has 1 heteroatoms. The zero-order valence-electron chi connectivity index (χ0n) is 8.04. The Labute approximate surface area is 79.0 Å². The fourth-order valence-corrected chi connectivity index (χ4v) is 1.92. The quantitative estimate of drug-likeness (QED) is 0.637. The minimum atomic E-state index is 0.279. The first-order chi connectivity index (χ1) is 6.22. The Hall–Kier alpha value is -1.29. The Bertz CT molecular complexity index is 373. The maximum Gasteiger partial charge on any atom is 0.0662 e. The molecule has 0 aromatic heterocycles. The van der Waals surface area contributed by atoms with Gasteiger partial charge in [-0.25, -0.2) is 0 Å². The van der Waals surface area contributed by atoms with Crippen LogP contribution in [-0.4, -0.2) is 0 Å². The molecule has 1 nitrogen and oxygen atoms in total. The molecule has 2 rings (SSSR count). The van der Waals surface area contributed by atoms with Gasteiger partial charge in [0, 0.05) is 5.92 Å². The van der Waals surface area contributed by atoms with Crippen molar-refractivity contribution in [1.82, 2.24) is 0 Å². The Kier molecular flexibility index (Phi) is 1.84. The summed E-state index contributed by atoms with van der Waals surface area (Å²) in [6, 6.07) is 8.83. The number of nitrogens with zero attached hydrogens (tertiary/aromatic N) is 1. The second-order valence-corrected chi connectivity index (χ2v) is 3.94. The Morgan fingerprint density at radius 2 is 2.15 bits per heavy atom. The lowest BCUT2D eigenvalue weighted by molar-refractivity contribution is 1.01. The van der Waals surface area contributed by atoms with Crippen LogP contribution >= 0.6 is 0 Å². The molecule has 2 atom stereocenters. The lowest BCUT2D eigenvalue weighted by Gasteiger charge is -2.04. The van der Waals surface area contributed by atoms with E-state index >= 15 is 0 Å². The molecule has 2 unspecified atom stereocenters. The van der Waals surface area contributed by atoms with Crippen LogP contribution in [0.5, 0.6) is 0 Å². The summed E-state index contributed by atoms with van der Waals surface area (Å²) in [5.41, 5.74) is 4.01. The topological polar surface area (TPSA) is 23.8 Å². The maximum absolute atomic E-state index is 8.73. The van der Waals surface area contributed by atoms with Crippen LogP contribution in [0.25, 0.3) is 0 Å². The van der Waals surface area contributed by atoms with Crippen molar-refractivity contribution in [3.8, 4) is 6.07 Å². The Morgan fingerprint density at radius 1 is 1.38 bits per heavy atom. The summed E-state index contributed by atoms with van der Waals surface area (Å²) in [6.45, 7) is 4.24. The van der Waals surface area contributed by atoms with Crippen LogP contribution in [0.1, 0.15) is 29.0 Å². The maximum atomic E-state index is 8.73. The molecule has 13 heavy (non-hydrogen) atoms. The molecule has 1 aliphatic carbocycles. The second kappa shape index (κ2) is 2.88. The van der Waals surface area contributed by atoms with Crippen LogP contribution in [0.15, 0.2) is 18.2 Å². The lowest BCUT2D eigenvalue weighted by atomic mass is 10.0. The molecule has 0 amide bonds. The first-order valence-corrected chi connectivity index (χ1v) is 4.69. The average Bonchev–Trinajstić information content (AvgIpc) is 2.83. The summed E-state index contributed by atoms with van der Waals surface area (Å²) in [5, 5.41) is 8.73. The van der Waals surface area contributed by atoms with E-state index in [1.807, 2.05) is 0 Å². The molecule has 1 aromatic carbocycles. The summed E-state index contributed by atoms with van der Waals surface area (Å²) >= 11 is 0. The normalized spacial score (nSPS) is 25.3. The van der Waals surface area contributed by atoms with Crippen LogP contribution in [0.3, 0.4) is 0 Å². The van der Waals surface area contributed by atoms with E-state index in [-0.39, 0.29) is 5.92 Å². The van der Waals surface area contributed by atoms with E-state index in [1.165, 1.54) is 16.7 Å². The molecular formula is C12H13N. The molecule has 0 aliphatic heterocycles. The van der Waals surface area contributed by atoms with Crippen molar-refractivity contribution in [1.29, 1.82) is 5.26 Å². The minimum absolute atomic E-state index is 0.279. The summed E-state index contributed by atoms with van der Waals surface area (Å²) in [5.74, 6) is 0.798. The van der Waals surface area contributed by atoms with E-state index in [4.69, 9.17) is 5.26 Å². The molecule has 1 saturated carbocycles. The average molecular weight is 171 g/mol. The summed E-state index contributed by atoms with van der Waals surface area (Å²) in [6.07, 6.45) is 1.06. The fourth-order valence-electron chi connectivity index (χ4n) is 1.92. The van der Waals surface area contributed by atoms with Gasteiger partial charge in [-0.1, -0.05) is 23.8 Å². The molecule has 1 aromatic rings. The molecule has 1 fully saturated rings. The Morgan fingerprint density at radius 3 is 2.69 bits per heavy atom. The van der Waals surface area contributed by atoms with E-state index < -0.39 is 0 Å². The number of hydrogen-bond donors (Lipinski definition) is 0. The van der Waals surface area contributed by atoms with Gasteiger partial charge in [-0.2, -0.15) is 5.26 Å². The highest BCUT2D eigenvalue weighted by atomic mass is 14.4. The van der Waals surface area contributed by atoms with Gasteiger partial charge in [0.1, 0.15) is 0 Å². The standard InChI is InChI=1S/C12H13N/c1-8-3-4-11(9(2)5-8)12-6-10(12)7-13/h3-5,10,12H,6H2,1-2H3. The van der Waals surface area contributed by atoms with Crippen molar-refractivity contribution < 1.29 is 0 Å². The van der Waals surface area contributed by atoms with Gasteiger partial charge in [0.2, 0.25) is 0 Å². The van der Waals surface area contributed by atoms with Crippen molar-refractivity contribution in [2.24, 2.45) is 5.92 Å². The zero-order valence-corrected chi connectivity index (χ0v) is 8.04. The highest BCUT2D eigenvalue weighted by Crippen LogP contribution is 2.47. The van der Waals surface area contributed by atoms with Gasteiger partial charge in [-0.05, 0) is 31.4 Å². The third-order valence-electron chi connectivity index (χ3n) is 2.78. The van der Waals surface area contributed by atoms with Gasteiger partial charge in [0.25, 0.3) is 0 Å². The van der Waals surface area contributed by atoms with Gasteiger partial charge < -0.3 is 0 Å². The minimum Gasteiger partial charge on any atom is -0.198 e. The summed E-state index contributed by atoms with van der Waals surface area (Å²) in [4.78, 5) is 0. The Balaban J connectivity index is 2.29. The van der Waals surface area contributed by atoms with Gasteiger partial charge >= 0.3 is 0 Å². The van der Waals surface area contributed by atoms with Gasteiger partial charge in [-0.15, -0.1) is 0 Å². The van der Waals surface area contributed by atoms with Crippen LogP contribution in [0.4, 0.5) is 0 Å². The predicted molar refractivity (Wildman–Crippen MR) is 52.4 cm³/mol. The molecule has 0 bridgehead atoms. The summed E-state index contributed by atoms with van der Waals surface area (Å²) in [7, 11) is 0. The number of hydrogen-bond acceptors (Lipinski definition) is 1. The lowest BCUT2D eigenvalue weighted by Crippen LogP contribution is -1.88. The number of rotatable bonds is 1. The van der Waals surface area contributed by atoms with Gasteiger partial charge in [-0.3, -0.25) is 0 Å². The molecule has 0 heterocycles. The van der Waals surface area contributed by atoms with Crippen molar-refractivity contribution in [3.63, 3.8) is 0 Å². The SMILES string of the molecule is Cc1ccc(C2CC2C#N)c(C)c1. The van der Waals surface area contributed by atoms with Crippen molar-refractivity contribution in [3.05, 3.63) is 34.9 Å². The van der Waals surface area contributed by atoms with Crippen molar-refractivity contribution in [2.45, 2.75) is 26.2 Å². The number of benzene rings is 1. The third kappa shape index (κ3) is 1.45. The molecule has 0 saturated heterocycles. The van der Waals surface area contributed by atoms with Crippen LogP contribution in [0.2, 0.25) is 0 Å². The van der Waals surface area contributed by atoms with E-state index in [0.29, 0.717) is 5.92 Å². The van der Waals surface area contributed by atoms with E-state index in [9.17, 15) is 0 Å². The van der Waals surface area contributed by atoms with E-state index in [2.05, 4.69) is 38.1 Å². The monoisotopic (exact) mass is 171 g/mol. The molecule has 0 radical (unpaired) electrons. The van der Waals surface area contributed by atoms with Crippen LogP contribution in [0, 0.1) is 31.1 Å². The van der Waals surface area contributed by atoms with Gasteiger partial charge in [0.05, 0.1) is 12.0 Å². The first kappa shape index (κ1) is 8.31. The third-order valence-corrected chi connectivity index (χ3v) is 2.78. The van der Waals surface area contributed by atoms with E-state index in [1.54, 1.807) is 0 Å². The highest BCUT2D eigenvalue weighted by Gasteiger charge is 2.39. The van der Waals surface area contributed by atoms with Gasteiger partial charge in [0.15, 0.2) is 0 Å². The molecule has 1 aliphatic rings. The zero-order chi connectivity index (χ0) is 9.42. The molecule has 0 spiro atoms. The highest BCUT2D eigenvalue weighted by molar-refractivity contribution is 5.37. The molecular weight excluding hydrogens is 158 g/mol. The van der Waals surface area contributed by atoms with Crippen LogP contribution in [-0.2, 0) is 0 Å². The first-order valence-electron chi connectivity index (χ1n) is 4.69. The van der Waals surface area contributed by atoms with Crippen molar-refractivity contribution >= 4 is 0 Å².